The summed E-state index contributed by atoms with van der Waals surface area (Å²) in [4.78, 5) is 13.9. The number of carbonyl (C=O) groups is 1. The number of carbonyl (C=O) groups excluding carboxylic acids is 1. The number of anilines is 1. The van der Waals surface area contributed by atoms with E-state index in [0.29, 0.717) is 24.3 Å². The lowest BCUT2D eigenvalue weighted by Crippen LogP contribution is -2.48. The Morgan fingerprint density at radius 2 is 2.29 bits per heavy atom. The lowest BCUT2D eigenvalue weighted by atomic mass is 9.94. The van der Waals surface area contributed by atoms with Gasteiger partial charge < -0.3 is 15.7 Å². The molecule has 1 aliphatic rings. The van der Waals surface area contributed by atoms with E-state index in [0.717, 1.165) is 12.8 Å². The van der Waals surface area contributed by atoms with Gasteiger partial charge in [-0.25, -0.2) is 0 Å². The molecule has 92 valence electrons. The van der Waals surface area contributed by atoms with Gasteiger partial charge in [-0.05, 0) is 38.0 Å². The van der Waals surface area contributed by atoms with Crippen molar-refractivity contribution in [2.45, 2.75) is 25.4 Å². The molecule has 0 radical (unpaired) electrons. The Hall–Kier alpha value is -1.55. The average molecular weight is 234 g/mol. The fourth-order valence-electron chi connectivity index (χ4n) is 2.25. The van der Waals surface area contributed by atoms with E-state index >= 15 is 0 Å². The molecule has 1 heterocycles. The van der Waals surface area contributed by atoms with Crippen LogP contribution in [0.3, 0.4) is 0 Å². The predicted molar refractivity (Wildman–Crippen MR) is 66.6 cm³/mol. The minimum Gasteiger partial charge on any atom is -0.399 e. The monoisotopic (exact) mass is 234 g/mol. The lowest BCUT2D eigenvalue weighted by molar-refractivity contribution is -0.0107. The average Bonchev–Trinajstić information content (AvgIpc) is 2.26. The normalized spacial score (nSPS) is 24.7. The van der Waals surface area contributed by atoms with E-state index in [1.54, 1.807) is 36.1 Å². The van der Waals surface area contributed by atoms with Crippen LogP contribution in [-0.2, 0) is 0 Å². The fraction of sp³-hybridized carbons (Fsp3) is 0.462. The van der Waals surface area contributed by atoms with Gasteiger partial charge in [-0.1, -0.05) is 6.07 Å². The topological polar surface area (TPSA) is 66.6 Å². The number of likely N-dealkylation sites (tertiary alicyclic amines) is 1. The molecule has 0 saturated carbocycles. The van der Waals surface area contributed by atoms with E-state index in [-0.39, 0.29) is 5.91 Å². The van der Waals surface area contributed by atoms with E-state index in [1.165, 1.54) is 0 Å². The van der Waals surface area contributed by atoms with Crippen molar-refractivity contribution in [2.24, 2.45) is 0 Å². The molecule has 1 amide bonds. The van der Waals surface area contributed by atoms with Crippen molar-refractivity contribution in [3.05, 3.63) is 29.8 Å². The Labute approximate surface area is 101 Å². The molecule has 0 spiro atoms. The first-order chi connectivity index (χ1) is 7.98. The summed E-state index contributed by atoms with van der Waals surface area (Å²) >= 11 is 0. The molecule has 1 saturated heterocycles. The van der Waals surface area contributed by atoms with Crippen molar-refractivity contribution in [1.29, 1.82) is 0 Å². The number of nitrogens with two attached hydrogens (primary N) is 1. The summed E-state index contributed by atoms with van der Waals surface area (Å²) in [5.74, 6) is -0.0581. The maximum absolute atomic E-state index is 12.2. The van der Waals surface area contributed by atoms with Crippen LogP contribution in [0.15, 0.2) is 24.3 Å². The van der Waals surface area contributed by atoms with Crippen molar-refractivity contribution < 1.29 is 9.90 Å². The van der Waals surface area contributed by atoms with Crippen molar-refractivity contribution in [3.8, 4) is 0 Å². The highest BCUT2D eigenvalue weighted by atomic mass is 16.3. The number of amides is 1. The SMILES string of the molecule is CC1(O)CCCN(C(=O)c2cccc(N)c2)C1. The van der Waals surface area contributed by atoms with Crippen LogP contribution >= 0.6 is 0 Å². The maximum Gasteiger partial charge on any atom is 0.254 e. The summed E-state index contributed by atoms with van der Waals surface area (Å²) in [5, 5.41) is 9.98. The number of rotatable bonds is 1. The molecule has 1 atom stereocenters. The van der Waals surface area contributed by atoms with E-state index in [9.17, 15) is 9.90 Å². The second kappa shape index (κ2) is 4.37. The number of benzene rings is 1. The molecule has 0 aliphatic carbocycles. The summed E-state index contributed by atoms with van der Waals surface area (Å²) in [6, 6.07) is 6.95. The van der Waals surface area contributed by atoms with Gasteiger partial charge in [0.15, 0.2) is 0 Å². The summed E-state index contributed by atoms with van der Waals surface area (Å²) in [6.45, 7) is 2.86. The van der Waals surface area contributed by atoms with Crippen LogP contribution in [0.25, 0.3) is 0 Å². The molecule has 1 aromatic carbocycles. The number of β-amino-alcohol motifs (C(OH)–C–C–N with tert-alkyl or cyclic N) is 1. The first-order valence-corrected chi connectivity index (χ1v) is 5.85. The number of hydrogen-bond acceptors (Lipinski definition) is 3. The van der Waals surface area contributed by atoms with Gasteiger partial charge in [0.25, 0.3) is 5.91 Å². The maximum atomic E-state index is 12.2. The summed E-state index contributed by atoms with van der Waals surface area (Å²) in [5.41, 5.74) is 6.06. The third-order valence-electron chi connectivity index (χ3n) is 3.10. The Balaban J connectivity index is 2.15. The number of hydrogen-bond donors (Lipinski definition) is 2. The van der Waals surface area contributed by atoms with E-state index < -0.39 is 5.60 Å². The summed E-state index contributed by atoms with van der Waals surface area (Å²) in [6.07, 6.45) is 1.58. The van der Waals surface area contributed by atoms with E-state index in [1.807, 2.05) is 0 Å². The van der Waals surface area contributed by atoms with Gasteiger partial charge >= 0.3 is 0 Å². The molecule has 0 bridgehead atoms. The number of piperidine rings is 1. The quantitative estimate of drug-likeness (QED) is 0.719. The molecule has 3 N–H and O–H groups in total. The van der Waals surface area contributed by atoms with Gasteiger partial charge in [0.2, 0.25) is 0 Å². The minimum absolute atomic E-state index is 0.0581. The Kier molecular flexibility index (Phi) is 3.07. The highest BCUT2D eigenvalue weighted by molar-refractivity contribution is 5.95. The lowest BCUT2D eigenvalue weighted by Gasteiger charge is -2.36. The highest BCUT2D eigenvalue weighted by Gasteiger charge is 2.31. The van der Waals surface area contributed by atoms with Gasteiger partial charge in [0, 0.05) is 24.3 Å². The van der Waals surface area contributed by atoms with Crippen molar-refractivity contribution in [3.63, 3.8) is 0 Å². The van der Waals surface area contributed by atoms with Crippen LogP contribution in [0.2, 0.25) is 0 Å². The molecular formula is C13H18N2O2. The first kappa shape index (κ1) is 11.9. The summed E-state index contributed by atoms with van der Waals surface area (Å²) < 4.78 is 0. The van der Waals surface area contributed by atoms with E-state index in [2.05, 4.69) is 0 Å². The van der Waals surface area contributed by atoms with Gasteiger partial charge in [0.05, 0.1) is 5.60 Å². The van der Waals surface area contributed by atoms with Crippen LogP contribution in [0.1, 0.15) is 30.1 Å². The first-order valence-electron chi connectivity index (χ1n) is 5.85. The molecule has 2 rings (SSSR count). The van der Waals surface area contributed by atoms with Crippen LogP contribution in [0.4, 0.5) is 5.69 Å². The largest absolute Gasteiger partial charge is 0.399 e. The zero-order valence-electron chi connectivity index (χ0n) is 10.0. The van der Waals surface area contributed by atoms with Crippen molar-refractivity contribution in [2.75, 3.05) is 18.8 Å². The smallest absolute Gasteiger partial charge is 0.254 e. The third-order valence-corrected chi connectivity index (χ3v) is 3.10. The van der Waals surface area contributed by atoms with E-state index in [4.69, 9.17) is 5.73 Å². The number of aliphatic hydroxyl groups is 1. The molecule has 1 aliphatic heterocycles. The van der Waals surface area contributed by atoms with Gasteiger partial charge in [-0.15, -0.1) is 0 Å². The molecule has 0 aromatic heterocycles. The van der Waals surface area contributed by atoms with Gasteiger partial charge in [0.1, 0.15) is 0 Å². The Morgan fingerprint density at radius 3 is 2.94 bits per heavy atom. The minimum atomic E-state index is -0.770. The zero-order chi connectivity index (χ0) is 12.5. The number of nitrogen functional groups attached to an aromatic ring is 1. The van der Waals surface area contributed by atoms with Gasteiger partial charge in [-0.3, -0.25) is 4.79 Å². The molecule has 4 heteroatoms. The molecule has 17 heavy (non-hydrogen) atoms. The molecule has 4 nitrogen and oxygen atoms in total. The Morgan fingerprint density at radius 1 is 1.53 bits per heavy atom. The van der Waals surface area contributed by atoms with Crippen molar-refractivity contribution >= 4 is 11.6 Å². The van der Waals surface area contributed by atoms with Crippen LogP contribution < -0.4 is 5.73 Å². The predicted octanol–water partition coefficient (Wildman–Crippen LogP) is 1.26. The second-order valence-corrected chi connectivity index (χ2v) is 4.95. The fourth-order valence-corrected chi connectivity index (χ4v) is 2.25. The van der Waals surface area contributed by atoms with Crippen molar-refractivity contribution in [1.82, 2.24) is 4.90 Å². The second-order valence-electron chi connectivity index (χ2n) is 4.95. The van der Waals surface area contributed by atoms with Crippen LogP contribution in [0.5, 0.6) is 0 Å². The molecule has 1 aromatic rings. The molecular weight excluding hydrogens is 216 g/mol. The standard InChI is InChI=1S/C13H18N2O2/c1-13(17)6-3-7-15(9-13)12(16)10-4-2-5-11(14)8-10/h2,4-5,8,17H,3,6-7,9,14H2,1H3. The number of nitrogens with zero attached hydrogens (tertiary/aromatic N) is 1. The van der Waals surface area contributed by atoms with Crippen LogP contribution in [0, 0.1) is 0 Å². The highest BCUT2D eigenvalue weighted by Crippen LogP contribution is 2.22. The molecule has 1 unspecified atom stereocenters. The Bertz CT molecular complexity index is 429. The third kappa shape index (κ3) is 2.77. The zero-order valence-corrected chi connectivity index (χ0v) is 10.0. The summed E-state index contributed by atoms with van der Waals surface area (Å²) in [7, 11) is 0. The molecule has 1 fully saturated rings. The van der Waals surface area contributed by atoms with Crippen LogP contribution in [-0.4, -0.2) is 34.6 Å². The van der Waals surface area contributed by atoms with Gasteiger partial charge in [-0.2, -0.15) is 0 Å².